The third kappa shape index (κ3) is 55.4. The van der Waals surface area contributed by atoms with Crippen molar-refractivity contribution in [1.82, 2.24) is 0 Å². The molecule has 3 N–H and O–H groups in total. The molecule has 0 fully saturated rings. The topological polar surface area (TPSA) is 237 Å². The number of esters is 4. The molecule has 0 rings (SSSR count). The van der Waals surface area contributed by atoms with Crippen molar-refractivity contribution in [2.75, 3.05) is 39.6 Å². The van der Waals surface area contributed by atoms with Gasteiger partial charge in [-0.1, -0.05) is 267 Å². The quantitative estimate of drug-likeness (QED) is 0.0222. The van der Waals surface area contributed by atoms with E-state index in [-0.39, 0.29) is 25.7 Å². The lowest BCUT2D eigenvalue weighted by atomic mass is 9.99. The molecule has 5 unspecified atom stereocenters. The number of hydrogen-bond donors (Lipinski definition) is 3. The highest BCUT2D eigenvalue weighted by Gasteiger charge is 2.30. The van der Waals surface area contributed by atoms with Gasteiger partial charge in [-0.25, -0.2) is 9.13 Å². The van der Waals surface area contributed by atoms with E-state index in [0.29, 0.717) is 25.7 Å². The molecular weight excluding hydrogens is 1110 g/mol. The van der Waals surface area contributed by atoms with E-state index in [4.69, 9.17) is 37.0 Å². The fourth-order valence-corrected chi connectivity index (χ4v) is 11.1. The van der Waals surface area contributed by atoms with Crippen LogP contribution in [0.1, 0.15) is 318 Å². The second kappa shape index (κ2) is 56.3. The number of rotatable bonds is 63. The number of aliphatic hydroxyl groups excluding tert-OH is 1. The first kappa shape index (κ1) is 82.1. The number of phosphoric acid groups is 2. The van der Waals surface area contributed by atoms with E-state index < -0.39 is 97.5 Å². The van der Waals surface area contributed by atoms with Crippen molar-refractivity contribution in [2.24, 2.45) is 17.8 Å². The number of ether oxygens (including phenoxy) is 4. The first-order chi connectivity index (χ1) is 40.3. The lowest BCUT2D eigenvalue weighted by Gasteiger charge is -2.21. The maximum Gasteiger partial charge on any atom is 0.472 e. The Hall–Kier alpha value is -1.94. The molecule has 0 aromatic heterocycles. The average Bonchev–Trinajstić information content (AvgIpc) is 3.60. The summed E-state index contributed by atoms with van der Waals surface area (Å²) in [6.07, 6.45) is 37.4. The van der Waals surface area contributed by atoms with E-state index in [2.05, 4.69) is 48.5 Å². The second-order valence-electron chi connectivity index (χ2n) is 24.2. The molecule has 0 aromatic carbocycles. The van der Waals surface area contributed by atoms with E-state index in [9.17, 15) is 43.2 Å². The van der Waals surface area contributed by atoms with Crippen LogP contribution in [0, 0.1) is 17.8 Å². The molecule has 0 bridgehead atoms. The largest absolute Gasteiger partial charge is 0.472 e. The van der Waals surface area contributed by atoms with E-state index in [0.717, 1.165) is 108 Å². The summed E-state index contributed by atoms with van der Waals surface area (Å²) in [5, 5.41) is 10.5. The number of phosphoric ester groups is 2. The van der Waals surface area contributed by atoms with Crippen LogP contribution in [0.15, 0.2) is 0 Å². The molecule has 0 aliphatic carbocycles. The standard InChI is InChI=1S/C65H126O17P2/c1-8-12-13-14-15-16-17-24-32-39-46-62(67)75-53-61(82-65(70)49-42-35-28-27-31-38-45-58(7)11-4)55-80-84(73,74)78-51-59(66)50-77-83(71,72)79-54-60(81-64(69)48-41-34-26-21-19-23-30-37-44-57(6)10-3)52-76-63(68)47-40-33-25-20-18-22-29-36-43-56(5)9-2/h56-61,66H,8-55H2,1-7H3,(H,71,72)(H,73,74)/t56?,57?,58?,59-,60-,61-/m1/s1. The predicted molar refractivity (Wildman–Crippen MR) is 335 cm³/mol. The van der Waals surface area contributed by atoms with Gasteiger partial charge >= 0.3 is 39.5 Å². The molecule has 0 aromatic rings. The van der Waals surface area contributed by atoms with Crippen LogP contribution >= 0.6 is 15.6 Å². The molecule has 0 heterocycles. The van der Waals surface area contributed by atoms with Crippen LogP contribution in [0.5, 0.6) is 0 Å². The molecule has 84 heavy (non-hydrogen) atoms. The van der Waals surface area contributed by atoms with Gasteiger partial charge in [-0.15, -0.1) is 0 Å². The van der Waals surface area contributed by atoms with Crippen molar-refractivity contribution in [3.05, 3.63) is 0 Å². The minimum atomic E-state index is -4.95. The van der Waals surface area contributed by atoms with Gasteiger partial charge in [0, 0.05) is 25.7 Å². The number of carbonyl (C=O) groups is 4. The van der Waals surface area contributed by atoms with Crippen molar-refractivity contribution in [3.8, 4) is 0 Å². The highest BCUT2D eigenvalue weighted by atomic mass is 31.2. The normalized spacial score (nSPS) is 15.3. The molecule has 0 radical (unpaired) electrons. The minimum absolute atomic E-state index is 0.103. The van der Waals surface area contributed by atoms with Gasteiger partial charge in [-0.05, 0) is 43.4 Å². The SMILES string of the molecule is CCCCCCCCCCCCC(=O)OC[C@H](COP(=O)(O)OC[C@H](O)COP(=O)(O)OC[C@@H](COC(=O)CCCCCCCCCCC(C)CC)OC(=O)CCCCCCCCCCC(C)CC)OC(=O)CCCCCCCCC(C)CC. The number of hydrogen-bond acceptors (Lipinski definition) is 15. The maximum atomic E-state index is 13.0. The van der Waals surface area contributed by atoms with Crippen molar-refractivity contribution < 1.29 is 80.2 Å². The lowest BCUT2D eigenvalue weighted by molar-refractivity contribution is -0.161. The van der Waals surface area contributed by atoms with Crippen LogP contribution in [-0.2, 0) is 65.4 Å². The molecule has 0 aliphatic heterocycles. The lowest BCUT2D eigenvalue weighted by Crippen LogP contribution is -2.30. The molecule has 0 saturated heterocycles. The smallest absolute Gasteiger partial charge is 0.462 e. The summed E-state index contributed by atoms with van der Waals surface area (Å²) >= 11 is 0. The molecule has 0 amide bonds. The van der Waals surface area contributed by atoms with E-state index in [1.807, 2.05) is 0 Å². The van der Waals surface area contributed by atoms with Gasteiger partial charge < -0.3 is 33.8 Å². The molecule has 0 saturated carbocycles. The van der Waals surface area contributed by atoms with Crippen LogP contribution in [0.25, 0.3) is 0 Å². The first-order valence-corrected chi connectivity index (χ1v) is 37.0. The minimum Gasteiger partial charge on any atom is -0.462 e. The van der Waals surface area contributed by atoms with Crippen LogP contribution < -0.4 is 0 Å². The van der Waals surface area contributed by atoms with Crippen LogP contribution in [0.4, 0.5) is 0 Å². The van der Waals surface area contributed by atoms with Crippen LogP contribution in [-0.4, -0.2) is 96.7 Å². The summed E-state index contributed by atoms with van der Waals surface area (Å²) in [7, 11) is -9.89. The highest BCUT2D eigenvalue weighted by Crippen LogP contribution is 2.45. The van der Waals surface area contributed by atoms with Crippen molar-refractivity contribution in [2.45, 2.75) is 336 Å². The summed E-state index contributed by atoms with van der Waals surface area (Å²) in [6, 6.07) is 0. The van der Waals surface area contributed by atoms with E-state index >= 15 is 0 Å². The van der Waals surface area contributed by atoms with Crippen LogP contribution in [0.2, 0.25) is 0 Å². The molecule has 0 aliphatic rings. The number of unbranched alkanes of at least 4 members (excludes halogenated alkanes) is 28. The first-order valence-electron chi connectivity index (χ1n) is 34.0. The van der Waals surface area contributed by atoms with Crippen molar-refractivity contribution in [3.63, 3.8) is 0 Å². The Morgan fingerprint density at radius 2 is 0.571 bits per heavy atom. The number of aliphatic hydroxyl groups is 1. The third-order valence-electron chi connectivity index (χ3n) is 16.0. The van der Waals surface area contributed by atoms with Gasteiger partial charge in [-0.3, -0.25) is 37.3 Å². The van der Waals surface area contributed by atoms with Crippen molar-refractivity contribution in [1.29, 1.82) is 0 Å². The summed E-state index contributed by atoms with van der Waals surface area (Å²) in [5.74, 6) is 0.130. The monoisotopic (exact) mass is 1240 g/mol. The summed E-state index contributed by atoms with van der Waals surface area (Å²) in [4.78, 5) is 72.3. The van der Waals surface area contributed by atoms with Gasteiger partial charge in [0.1, 0.15) is 19.3 Å². The molecule has 19 heteroatoms. The third-order valence-corrected chi connectivity index (χ3v) is 17.9. The van der Waals surface area contributed by atoms with Gasteiger partial charge in [0.25, 0.3) is 0 Å². The van der Waals surface area contributed by atoms with Gasteiger partial charge in [0.05, 0.1) is 26.4 Å². The summed E-state index contributed by atoms with van der Waals surface area (Å²) < 4.78 is 68.0. The Bertz CT molecular complexity index is 1670. The average molecular weight is 1240 g/mol. The van der Waals surface area contributed by atoms with E-state index in [1.165, 1.54) is 128 Å². The van der Waals surface area contributed by atoms with Gasteiger partial charge in [0.15, 0.2) is 12.2 Å². The summed E-state index contributed by atoms with van der Waals surface area (Å²) in [5.41, 5.74) is 0. The second-order valence-corrected chi connectivity index (χ2v) is 27.1. The Balaban J connectivity index is 5.27. The zero-order valence-corrected chi connectivity index (χ0v) is 56.1. The molecule has 8 atom stereocenters. The fourth-order valence-electron chi connectivity index (χ4n) is 9.56. The number of carbonyl (C=O) groups excluding carboxylic acids is 4. The maximum absolute atomic E-state index is 13.0. The fraction of sp³-hybridized carbons (Fsp3) is 0.938. The molecular formula is C65H126O17P2. The Morgan fingerprint density at radius 1 is 0.333 bits per heavy atom. The highest BCUT2D eigenvalue weighted by molar-refractivity contribution is 7.47. The van der Waals surface area contributed by atoms with Gasteiger partial charge in [-0.2, -0.15) is 0 Å². The summed E-state index contributed by atoms with van der Waals surface area (Å²) in [6.45, 7) is 11.7. The zero-order valence-electron chi connectivity index (χ0n) is 54.4. The predicted octanol–water partition coefficient (Wildman–Crippen LogP) is 17.9. The molecule has 0 spiro atoms. The Kier molecular flexibility index (Phi) is 55.0. The van der Waals surface area contributed by atoms with Crippen molar-refractivity contribution >= 4 is 39.5 Å². The zero-order chi connectivity index (χ0) is 62.4. The Labute approximate surface area is 511 Å². The van der Waals surface area contributed by atoms with E-state index in [1.54, 1.807) is 0 Å². The Morgan fingerprint density at radius 3 is 0.845 bits per heavy atom. The molecule has 498 valence electrons. The van der Waals surface area contributed by atoms with Gasteiger partial charge in [0.2, 0.25) is 0 Å². The molecule has 17 nitrogen and oxygen atoms in total. The van der Waals surface area contributed by atoms with Crippen LogP contribution in [0.3, 0.4) is 0 Å².